The van der Waals surface area contributed by atoms with Gasteiger partial charge in [-0.3, -0.25) is 33.6 Å². The third kappa shape index (κ3) is 13.4. The summed E-state index contributed by atoms with van der Waals surface area (Å²) in [6, 6.07) is -2.40. The number of primary amides is 1. The van der Waals surface area contributed by atoms with Gasteiger partial charge >= 0.3 is 5.97 Å². The summed E-state index contributed by atoms with van der Waals surface area (Å²) in [5, 5.41) is 59.2. The summed E-state index contributed by atoms with van der Waals surface area (Å²) in [6.07, 6.45) is -3.74. The maximum absolute atomic E-state index is 13.4. The summed E-state index contributed by atoms with van der Waals surface area (Å²) >= 11 is 0. The number of hydrogen-bond donors (Lipinski definition) is 12. The van der Waals surface area contributed by atoms with Gasteiger partial charge in [-0.2, -0.15) is 0 Å². The number of nitrogens with two attached hydrogens (primary N) is 2. The van der Waals surface area contributed by atoms with E-state index in [-0.39, 0.29) is 25.0 Å². The number of rotatable bonds is 19. The number of amides is 6. The molecule has 0 aliphatic rings. The van der Waals surface area contributed by atoms with Crippen LogP contribution >= 0.6 is 0 Å². The third-order valence-corrected chi connectivity index (χ3v) is 6.40. The highest BCUT2D eigenvalue weighted by atomic mass is 16.4. The van der Waals surface area contributed by atoms with Crippen LogP contribution in [0.2, 0.25) is 0 Å². The van der Waals surface area contributed by atoms with Crippen LogP contribution in [0.4, 0.5) is 0 Å². The average Bonchev–Trinajstić information content (AvgIpc) is 2.98. The van der Waals surface area contributed by atoms with Crippen LogP contribution in [0, 0.1) is 0 Å². The molecule has 0 saturated heterocycles. The van der Waals surface area contributed by atoms with Crippen molar-refractivity contribution in [2.45, 2.75) is 75.5 Å². The second-order valence-electron chi connectivity index (χ2n) is 10.4. The number of aromatic hydroxyl groups is 1. The summed E-state index contributed by atoms with van der Waals surface area (Å²) in [4.78, 5) is 86.0. The smallest absolute Gasteiger partial charge is 0.322 e. The first-order valence-corrected chi connectivity index (χ1v) is 14.0. The maximum Gasteiger partial charge on any atom is 0.322 e. The highest BCUT2D eigenvalue weighted by Crippen LogP contribution is 2.12. The highest BCUT2D eigenvalue weighted by molar-refractivity contribution is 5.96. The van der Waals surface area contributed by atoms with Gasteiger partial charge in [-0.1, -0.05) is 12.1 Å². The zero-order valence-electron chi connectivity index (χ0n) is 25.1. The van der Waals surface area contributed by atoms with Crippen molar-refractivity contribution >= 4 is 41.4 Å². The lowest BCUT2D eigenvalue weighted by atomic mass is 10.0. The molecular weight excluding hydrogens is 614 g/mol. The van der Waals surface area contributed by atoms with Gasteiger partial charge in [0.15, 0.2) is 0 Å². The molecule has 1 rings (SSSR count). The third-order valence-electron chi connectivity index (χ3n) is 6.40. The van der Waals surface area contributed by atoms with E-state index in [2.05, 4.69) is 21.3 Å². The first kappa shape index (κ1) is 39.2. The second kappa shape index (κ2) is 18.8. The zero-order chi connectivity index (χ0) is 35.1. The van der Waals surface area contributed by atoms with Gasteiger partial charge in [-0.05, 0) is 38.0 Å². The van der Waals surface area contributed by atoms with Crippen molar-refractivity contribution in [1.82, 2.24) is 26.6 Å². The van der Waals surface area contributed by atoms with Crippen LogP contribution in [0.5, 0.6) is 5.75 Å². The van der Waals surface area contributed by atoms with Crippen LogP contribution in [0.3, 0.4) is 0 Å². The van der Waals surface area contributed by atoms with E-state index < -0.39 is 97.0 Å². The fourth-order valence-corrected chi connectivity index (χ4v) is 3.83. The largest absolute Gasteiger partial charge is 0.508 e. The van der Waals surface area contributed by atoms with E-state index in [1.54, 1.807) is 0 Å². The average molecular weight is 656 g/mol. The summed E-state index contributed by atoms with van der Waals surface area (Å²) in [5.74, 6) is -7.43. The van der Waals surface area contributed by atoms with E-state index in [0.29, 0.717) is 5.56 Å². The number of carbonyl (C=O) groups excluding carboxylic acids is 6. The Kier molecular flexibility index (Phi) is 16.0. The Balaban J connectivity index is 3.22. The number of aliphatic hydroxyl groups is 3. The van der Waals surface area contributed by atoms with Crippen molar-refractivity contribution in [3.63, 3.8) is 0 Å². The van der Waals surface area contributed by atoms with E-state index in [4.69, 9.17) is 16.6 Å². The normalized spacial score (nSPS) is 15.4. The number of hydrogen-bond acceptors (Lipinski definition) is 12. The Morgan fingerprint density at radius 1 is 0.761 bits per heavy atom. The number of carboxylic acid groups (broad SMARTS) is 1. The van der Waals surface area contributed by atoms with Gasteiger partial charge in [0.2, 0.25) is 35.4 Å². The van der Waals surface area contributed by atoms with E-state index in [1.165, 1.54) is 31.2 Å². The quantitative estimate of drug-likeness (QED) is 0.0662. The fraction of sp³-hybridized carbons (Fsp3) is 0.519. The van der Waals surface area contributed by atoms with Crippen LogP contribution in [0.15, 0.2) is 24.3 Å². The van der Waals surface area contributed by atoms with Gasteiger partial charge in [0.1, 0.15) is 36.5 Å². The number of aliphatic carboxylic acids is 1. The summed E-state index contributed by atoms with van der Waals surface area (Å²) in [6.45, 7) is 0.521. The van der Waals surface area contributed by atoms with Crippen molar-refractivity contribution in [1.29, 1.82) is 0 Å². The molecule has 0 aliphatic heterocycles. The number of benzene rings is 1. The molecule has 0 fully saturated rings. The Bertz CT molecular complexity index is 1240. The van der Waals surface area contributed by atoms with Crippen LogP contribution in [-0.4, -0.2) is 123 Å². The van der Waals surface area contributed by atoms with Crippen molar-refractivity contribution in [3.8, 4) is 5.75 Å². The minimum absolute atomic E-state index is 0.102. The highest BCUT2D eigenvalue weighted by Gasteiger charge is 2.35. The summed E-state index contributed by atoms with van der Waals surface area (Å²) < 4.78 is 0. The Labute approximate surface area is 263 Å². The standard InChI is InChI=1S/C27H41N7O12/c1-12(36)21(33-23(42)16(28)7-8-19(29)39)26(45)31-17(9-14-3-5-15(38)6-4-14)25(44)34-22(13(2)37)27(46)32-18(11-35)24(43)30-10-20(40)41/h3-6,12-13,16-18,21-22,35-38H,7-11,28H2,1-2H3,(H2,29,39)(H,30,43)(H,31,45)(H,32,46)(H,33,42)(H,34,44)(H,40,41)/t12-,13-,16+,17+,18+,21+,22+/m1/s1. The topological polar surface area (TPSA) is 333 Å². The molecule has 1 aromatic rings. The van der Waals surface area contributed by atoms with Gasteiger partial charge in [-0.15, -0.1) is 0 Å². The molecule has 19 heteroatoms. The molecule has 0 bridgehead atoms. The molecule has 256 valence electrons. The molecule has 0 aliphatic carbocycles. The number of carboxylic acids is 1. The number of nitrogens with one attached hydrogen (secondary N) is 5. The van der Waals surface area contributed by atoms with Crippen LogP contribution in [-0.2, 0) is 40.0 Å². The maximum atomic E-state index is 13.4. The molecule has 0 heterocycles. The monoisotopic (exact) mass is 655 g/mol. The molecule has 7 atom stereocenters. The molecule has 14 N–H and O–H groups in total. The van der Waals surface area contributed by atoms with Gasteiger partial charge in [0, 0.05) is 12.8 Å². The predicted molar refractivity (Wildman–Crippen MR) is 157 cm³/mol. The lowest BCUT2D eigenvalue weighted by Crippen LogP contribution is -2.62. The van der Waals surface area contributed by atoms with Crippen LogP contribution in [0.25, 0.3) is 0 Å². The molecule has 0 unspecified atom stereocenters. The van der Waals surface area contributed by atoms with Gasteiger partial charge < -0.3 is 63.6 Å². The minimum atomic E-state index is -1.76. The Hall–Kier alpha value is -4.85. The van der Waals surface area contributed by atoms with Crippen molar-refractivity contribution in [3.05, 3.63) is 29.8 Å². The predicted octanol–water partition coefficient (Wildman–Crippen LogP) is -5.58. The Morgan fingerprint density at radius 3 is 1.72 bits per heavy atom. The number of carbonyl (C=O) groups is 7. The Morgan fingerprint density at radius 2 is 1.26 bits per heavy atom. The molecule has 19 nitrogen and oxygen atoms in total. The molecule has 0 aromatic heterocycles. The summed E-state index contributed by atoms with van der Waals surface area (Å²) in [7, 11) is 0. The van der Waals surface area contributed by atoms with Gasteiger partial charge in [0.25, 0.3) is 0 Å². The molecule has 6 amide bonds. The molecular formula is C27H41N7O12. The number of phenols is 1. The van der Waals surface area contributed by atoms with Crippen LogP contribution < -0.4 is 38.1 Å². The molecule has 1 aromatic carbocycles. The molecule has 46 heavy (non-hydrogen) atoms. The zero-order valence-corrected chi connectivity index (χ0v) is 25.1. The van der Waals surface area contributed by atoms with Gasteiger partial charge in [0.05, 0.1) is 24.9 Å². The van der Waals surface area contributed by atoms with E-state index in [9.17, 15) is 54.0 Å². The minimum Gasteiger partial charge on any atom is -0.508 e. The van der Waals surface area contributed by atoms with E-state index in [1.807, 2.05) is 5.32 Å². The summed E-state index contributed by atoms with van der Waals surface area (Å²) in [5.41, 5.74) is 11.2. The molecule has 0 spiro atoms. The first-order valence-electron chi connectivity index (χ1n) is 14.0. The molecule has 0 radical (unpaired) electrons. The van der Waals surface area contributed by atoms with Crippen LogP contribution in [0.1, 0.15) is 32.3 Å². The lowest BCUT2D eigenvalue weighted by molar-refractivity contribution is -0.139. The van der Waals surface area contributed by atoms with Crippen molar-refractivity contribution in [2.24, 2.45) is 11.5 Å². The fourth-order valence-electron chi connectivity index (χ4n) is 3.83. The lowest BCUT2D eigenvalue weighted by Gasteiger charge is -2.28. The van der Waals surface area contributed by atoms with E-state index in [0.717, 1.165) is 6.92 Å². The molecule has 0 saturated carbocycles. The van der Waals surface area contributed by atoms with E-state index >= 15 is 0 Å². The SMILES string of the molecule is C[C@@H](O)[C@H](NC(=O)[C@H](Cc1ccc(O)cc1)NC(=O)[C@@H](NC(=O)[C@@H](N)CCC(N)=O)[C@@H](C)O)C(=O)N[C@@H](CO)C(=O)NCC(=O)O. The number of aliphatic hydroxyl groups excluding tert-OH is 3. The second-order valence-corrected chi connectivity index (χ2v) is 10.4. The van der Waals surface area contributed by atoms with Crippen molar-refractivity contribution < 1.29 is 59.1 Å². The first-order chi connectivity index (χ1) is 21.5. The van der Waals surface area contributed by atoms with Gasteiger partial charge in [-0.25, -0.2) is 0 Å². The number of phenolic OH excluding ortho intramolecular Hbond substituents is 1. The van der Waals surface area contributed by atoms with Crippen molar-refractivity contribution in [2.75, 3.05) is 13.2 Å².